The highest BCUT2D eigenvalue weighted by molar-refractivity contribution is 7.80. The molecule has 0 saturated carbocycles. The molecule has 1 saturated heterocycles. The van der Waals surface area contributed by atoms with E-state index in [9.17, 15) is 13.2 Å². The predicted molar refractivity (Wildman–Crippen MR) is 47.4 cm³/mol. The molecule has 0 aromatic heterocycles. The van der Waals surface area contributed by atoms with Crippen molar-refractivity contribution in [1.82, 2.24) is 4.90 Å². The van der Waals surface area contributed by atoms with Crippen LogP contribution >= 0.6 is 12.2 Å². The second kappa shape index (κ2) is 3.79. The Kier molecular flexibility index (Phi) is 3.13. The van der Waals surface area contributed by atoms with Crippen LogP contribution in [0, 0.1) is 0 Å². The van der Waals surface area contributed by atoms with Crippen molar-refractivity contribution in [3.8, 4) is 0 Å². The number of thiocarbonyl (C=S) groups is 1. The molecule has 0 radical (unpaired) electrons. The summed E-state index contributed by atoms with van der Waals surface area (Å²) in [7, 11) is 0. The maximum absolute atomic E-state index is 12.1. The molecule has 2 N–H and O–H groups in total. The highest BCUT2D eigenvalue weighted by Crippen LogP contribution is 2.22. The number of likely N-dealkylation sites (tertiary alicyclic amines) is 1. The largest absolute Gasteiger partial charge is 0.410 e. The van der Waals surface area contributed by atoms with Crippen LogP contribution in [-0.4, -0.2) is 35.2 Å². The second-order valence-corrected chi connectivity index (χ2v) is 3.47. The van der Waals surface area contributed by atoms with E-state index < -0.39 is 12.2 Å². The summed E-state index contributed by atoms with van der Waals surface area (Å²) in [5, 5.41) is 0. The molecule has 6 heteroatoms. The van der Waals surface area contributed by atoms with Crippen molar-refractivity contribution in [2.24, 2.45) is 5.73 Å². The highest BCUT2D eigenvalue weighted by atomic mass is 32.1. The van der Waals surface area contributed by atoms with Crippen molar-refractivity contribution in [3.05, 3.63) is 0 Å². The van der Waals surface area contributed by atoms with E-state index in [4.69, 9.17) is 5.73 Å². The van der Waals surface area contributed by atoms with E-state index in [0.29, 0.717) is 13.1 Å². The first-order valence-corrected chi connectivity index (χ1v) is 4.45. The molecule has 2 nitrogen and oxygen atoms in total. The molecule has 0 aromatic rings. The molecule has 0 amide bonds. The van der Waals surface area contributed by atoms with Crippen molar-refractivity contribution in [3.63, 3.8) is 0 Å². The molecule has 0 aliphatic carbocycles. The summed E-state index contributed by atoms with van der Waals surface area (Å²) >= 11 is 4.67. The van der Waals surface area contributed by atoms with Crippen LogP contribution in [0.3, 0.4) is 0 Å². The van der Waals surface area contributed by atoms with Gasteiger partial charge in [0.2, 0.25) is 0 Å². The number of rotatable bonds is 1. The van der Waals surface area contributed by atoms with E-state index in [-0.39, 0.29) is 4.99 Å². The third-order valence-corrected chi connectivity index (χ3v) is 2.55. The highest BCUT2D eigenvalue weighted by Gasteiger charge is 2.41. The third kappa shape index (κ3) is 2.54. The van der Waals surface area contributed by atoms with Gasteiger partial charge in [-0.1, -0.05) is 12.2 Å². The van der Waals surface area contributed by atoms with Crippen LogP contribution in [0.5, 0.6) is 0 Å². The summed E-state index contributed by atoms with van der Waals surface area (Å²) in [4.78, 5) is 1.36. The smallest absolute Gasteiger partial charge is 0.365 e. The molecule has 1 aliphatic rings. The molecule has 0 bridgehead atoms. The lowest BCUT2D eigenvalue weighted by Crippen LogP contribution is -2.50. The zero-order valence-corrected chi connectivity index (χ0v) is 7.79. The second-order valence-electron chi connectivity index (χ2n) is 3.05. The minimum atomic E-state index is -4.42. The van der Waals surface area contributed by atoms with Gasteiger partial charge >= 0.3 is 6.18 Å². The molecule has 13 heavy (non-hydrogen) atoms. The van der Waals surface area contributed by atoms with Crippen molar-refractivity contribution < 1.29 is 13.2 Å². The average Bonchev–Trinajstić information content (AvgIpc) is 2.51. The summed E-state index contributed by atoms with van der Waals surface area (Å²) in [6.07, 6.45) is -2.63. The van der Waals surface area contributed by atoms with E-state index >= 15 is 0 Å². The Balaban J connectivity index is 2.56. The minimum absolute atomic E-state index is 0.176. The molecule has 0 aromatic carbocycles. The van der Waals surface area contributed by atoms with Crippen LogP contribution in [-0.2, 0) is 0 Å². The lowest BCUT2D eigenvalue weighted by molar-refractivity contribution is -0.133. The number of alkyl halides is 3. The van der Waals surface area contributed by atoms with Crippen molar-refractivity contribution >= 4 is 17.2 Å². The summed E-state index contributed by atoms with van der Waals surface area (Å²) < 4.78 is 36.3. The molecule has 1 heterocycles. The molecular formula is C7H11F3N2S. The van der Waals surface area contributed by atoms with Gasteiger partial charge in [0.05, 0.1) is 0 Å². The van der Waals surface area contributed by atoms with Crippen molar-refractivity contribution in [2.45, 2.75) is 25.1 Å². The molecule has 1 unspecified atom stereocenters. The Morgan fingerprint density at radius 1 is 1.31 bits per heavy atom. The Hall–Kier alpha value is -0.360. The number of hydrogen-bond donors (Lipinski definition) is 1. The van der Waals surface area contributed by atoms with Gasteiger partial charge in [0, 0.05) is 13.1 Å². The lowest BCUT2D eigenvalue weighted by atomic mass is 10.3. The third-order valence-electron chi connectivity index (χ3n) is 2.04. The minimum Gasteiger partial charge on any atom is -0.365 e. The maximum Gasteiger partial charge on any atom is 0.410 e. The number of nitrogens with two attached hydrogens (primary N) is 1. The molecule has 1 aliphatic heterocycles. The molecular weight excluding hydrogens is 201 g/mol. The summed E-state index contributed by atoms with van der Waals surface area (Å²) in [5.41, 5.74) is 4.97. The number of hydrogen-bond acceptors (Lipinski definition) is 2. The summed E-state index contributed by atoms with van der Waals surface area (Å²) in [6.45, 7) is 1.20. The fourth-order valence-corrected chi connectivity index (χ4v) is 1.59. The first-order valence-electron chi connectivity index (χ1n) is 4.04. The monoisotopic (exact) mass is 212 g/mol. The zero-order valence-electron chi connectivity index (χ0n) is 6.97. The fraction of sp³-hybridized carbons (Fsp3) is 0.857. The number of halogens is 3. The van der Waals surface area contributed by atoms with Gasteiger partial charge < -0.3 is 10.6 Å². The first kappa shape index (κ1) is 10.7. The van der Waals surface area contributed by atoms with Crippen molar-refractivity contribution in [1.29, 1.82) is 0 Å². The van der Waals surface area contributed by atoms with E-state index in [1.54, 1.807) is 0 Å². The quantitative estimate of drug-likeness (QED) is 0.664. The van der Waals surface area contributed by atoms with Gasteiger partial charge in [0.15, 0.2) is 6.04 Å². The topological polar surface area (TPSA) is 29.3 Å². The average molecular weight is 212 g/mol. The van der Waals surface area contributed by atoms with Crippen LogP contribution in [0.25, 0.3) is 0 Å². The van der Waals surface area contributed by atoms with Gasteiger partial charge in [-0.2, -0.15) is 13.2 Å². The first-order chi connectivity index (χ1) is 5.93. The lowest BCUT2D eigenvalue weighted by Gasteiger charge is -2.24. The zero-order chi connectivity index (χ0) is 10.1. The van der Waals surface area contributed by atoms with Crippen LogP contribution < -0.4 is 5.73 Å². The summed E-state index contributed by atoms with van der Waals surface area (Å²) in [6, 6.07) is -1.99. The van der Waals surface area contributed by atoms with E-state index in [0.717, 1.165) is 12.8 Å². The SMILES string of the molecule is NC(C(=S)N1CCCC1)C(F)(F)F. The van der Waals surface area contributed by atoms with E-state index in [1.807, 2.05) is 0 Å². The van der Waals surface area contributed by atoms with Gasteiger partial charge in [-0.3, -0.25) is 0 Å². The van der Waals surface area contributed by atoms with Gasteiger partial charge in [-0.15, -0.1) is 0 Å². The summed E-state index contributed by atoms with van der Waals surface area (Å²) in [5.74, 6) is 0. The molecule has 76 valence electrons. The van der Waals surface area contributed by atoms with Gasteiger partial charge in [-0.05, 0) is 12.8 Å². The maximum atomic E-state index is 12.1. The van der Waals surface area contributed by atoms with Gasteiger partial charge in [0.1, 0.15) is 4.99 Å². The predicted octanol–water partition coefficient (Wildman–Crippen LogP) is 1.30. The van der Waals surface area contributed by atoms with Gasteiger partial charge in [0.25, 0.3) is 0 Å². The van der Waals surface area contributed by atoms with Crippen LogP contribution in [0.4, 0.5) is 13.2 Å². The molecule has 1 rings (SSSR count). The standard InChI is InChI=1S/C7H11F3N2S/c8-7(9,10)5(11)6(13)12-3-1-2-4-12/h5H,1-4,11H2. The Bertz CT molecular complexity index is 198. The fourth-order valence-electron chi connectivity index (χ4n) is 1.27. The Morgan fingerprint density at radius 2 is 1.77 bits per heavy atom. The van der Waals surface area contributed by atoms with E-state index in [2.05, 4.69) is 12.2 Å². The molecule has 0 spiro atoms. The van der Waals surface area contributed by atoms with Crippen LogP contribution in [0.2, 0.25) is 0 Å². The molecule has 1 atom stereocenters. The van der Waals surface area contributed by atoms with Crippen LogP contribution in [0.1, 0.15) is 12.8 Å². The molecule has 1 fully saturated rings. The normalized spacial score (nSPS) is 20.5. The van der Waals surface area contributed by atoms with Gasteiger partial charge in [-0.25, -0.2) is 0 Å². The Labute approximate surface area is 79.9 Å². The van der Waals surface area contributed by atoms with E-state index in [1.165, 1.54) is 4.90 Å². The van der Waals surface area contributed by atoms with Crippen molar-refractivity contribution in [2.75, 3.05) is 13.1 Å². The van der Waals surface area contributed by atoms with Crippen LogP contribution in [0.15, 0.2) is 0 Å². The number of nitrogens with zero attached hydrogens (tertiary/aromatic N) is 1. The Morgan fingerprint density at radius 3 is 2.15 bits per heavy atom.